The van der Waals surface area contributed by atoms with Gasteiger partial charge in [-0.3, -0.25) is 4.79 Å². The van der Waals surface area contributed by atoms with Gasteiger partial charge in [-0.05, 0) is 89.9 Å². The summed E-state index contributed by atoms with van der Waals surface area (Å²) in [5, 5.41) is 0. The highest BCUT2D eigenvalue weighted by molar-refractivity contribution is 5.37. The van der Waals surface area contributed by atoms with Crippen LogP contribution in [0.25, 0.3) is 0 Å². The fourth-order valence-electron chi connectivity index (χ4n) is 5.08. The van der Waals surface area contributed by atoms with Crippen LogP contribution in [0.2, 0.25) is 0 Å². The summed E-state index contributed by atoms with van der Waals surface area (Å²) in [6, 6.07) is 0. The molecule has 0 aromatic heterocycles. The molecule has 0 radical (unpaired) electrons. The number of unbranched alkanes of at least 4 members (excludes halogenated alkanes) is 18. The van der Waals surface area contributed by atoms with Gasteiger partial charge in [-0.25, -0.2) is 0 Å². The molecule has 0 unspecified atom stereocenters. The molecular formula is C38H68O2. The smallest absolute Gasteiger partial charge is 0.293 e. The molecule has 0 spiro atoms. The van der Waals surface area contributed by atoms with Crippen LogP contribution in [0.3, 0.4) is 0 Å². The molecule has 0 saturated carbocycles. The Morgan fingerprint density at radius 3 is 1.10 bits per heavy atom. The number of hydrogen-bond donors (Lipinski definition) is 0. The lowest BCUT2D eigenvalue weighted by Gasteiger charge is -2.15. The predicted octanol–water partition coefficient (Wildman–Crippen LogP) is 12.9. The SMILES string of the molecule is CCCCC/C=C/C/C=C/CCCCCCCCC(CCCCCCCC/C=C/C/C=C/CCCCC)OC=O. The van der Waals surface area contributed by atoms with Crippen molar-refractivity contribution in [2.75, 3.05) is 0 Å². The average Bonchev–Trinajstić information content (AvgIpc) is 2.96. The Morgan fingerprint density at radius 2 is 0.750 bits per heavy atom. The summed E-state index contributed by atoms with van der Waals surface area (Å²) < 4.78 is 5.39. The number of rotatable bonds is 32. The Hall–Kier alpha value is -1.57. The molecule has 0 saturated heterocycles. The molecule has 2 heteroatoms. The summed E-state index contributed by atoms with van der Waals surface area (Å²) in [6.07, 6.45) is 51.4. The third-order valence-corrected chi connectivity index (χ3v) is 7.70. The maximum absolute atomic E-state index is 10.9. The van der Waals surface area contributed by atoms with E-state index in [4.69, 9.17) is 4.74 Å². The number of carbonyl (C=O) groups excluding carboxylic acids is 1. The first-order valence-corrected chi connectivity index (χ1v) is 17.5. The molecule has 0 heterocycles. The minimum absolute atomic E-state index is 0.133. The Bertz CT molecular complexity index is 553. The number of allylic oxidation sites excluding steroid dienone is 8. The van der Waals surface area contributed by atoms with Gasteiger partial charge in [0.1, 0.15) is 6.10 Å². The molecule has 232 valence electrons. The number of hydrogen-bond acceptors (Lipinski definition) is 2. The summed E-state index contributed by atoms with van der Waals surface area (Å²) in [5.41, 5.74) is 0. The summed E-state index contributed by atoms with van der Waals surface area (Å²) in [5.74, 6) is 0. The van der Waals surface area contributed by atoms with Crippen LogP contribution in [0.4, 0.5) is 0 Å². The quantitative estimate of drug-likeness (QED) is 0.0468. The summed E-state index contributed by atoms with van der Waals surface area (Å²) in [4.78, 5) is 10.9. The van der Waals surface area contributed by atoms with E-state index in [0.29, 0.717) is 6.47 Å². The van der Waals surface area contributed by atoms with Gasteiger partial charge in [0.2, 0.25) is 0 Å². The lowest BCUT2D eigenvalue weighted by molar-refractivity contribution is -0.134. The minimum Gasteiger partial charge on any atom is -0.465 e. The highest BCUT2D eigenvalue weighted by Gasteiger charge is 2.08. The largest absolute Gasteiger partial charge is 0.465 e. The van der Waals surface area contributed by atoms with E-state index in [1.54, 1.807) is 0 Å². The first kappa shape index (κ1) is 38.4. The van der Waals surface area contributed by atoms with Crippen LogP contribution in [0.5, 0.6) is 0 Å². The predicted molar refractivity (Wildman–Crippen MR) is 179 cm³/mol. The van der Waals surface area contributed by atoms with Gasteiger partial charge in [-0.1, -0.05) is 140 Å². The van der Waals surface area contributed by atoms with Gasteiger partial charge in [0.05, 0.1) is 0 Å². The van der Waals surface area contributed by atoms with Crippen molar-refractivity contribution in [3.05, 3.63) is 48.6 Å². The topological polar surface area (TPSA) is 26.3 Å². The fourth-order valence-corrected chi connectivity index (χ4v) is 5.08. The molecule has 2 nitrogen and oxygen atoms in total. The highest BCUT2D eigenvalue weighted by Crippen LogP contribution is 2.17. The molecule has 0 amide bonds. The van der Waals surface area contributed by atoms with Crippen molar-refractivity contribution in [1.29, 1.82) is 0 Å². The third kappa shape index (κ3) is 32.6. The lowest BCUT2D eigenvalue weighted by Crippen LogP contribution is -2.12. The van der Waals surface area contributed by atoms with E-state index in [1.165, 1.54) is 141 Å². The Kier molecular flexibility index (Phi) is 34.1. The lowest BCUT2D eigenvalue weighted by atomic mass is 10.0. The van der Waals surface area contributed by atoms with Gasteiger partial charge in [-0.15, -0.1) is 0 Å². The van der Waals surface area contributed by atoms with E-state index in [1.807, 2.05) is 0 Å². The maximum atomic E-state index is 10.9. The van der Waals surface area contributed by atoms with Crippen molar-refractivity contribution in [2.45, 2.75) is 187 Å². The minimum atomic E-state index is 0.133. The summed E-state index contributed by atoms with van der Waals surface area (Å²) in [6.45, 7) is 5.18. The van der Waals surface area contributed by atoms with Crippen LogP contribution in [0.1, 0.15) is 181 Å². The van der Waals surface area contributed by atoms with Gasteiger partial charge >= 0.3 is 0 Å². The number of ether oxygens (including phenoxy) is 1. The third-order valence-electron chi connectivity index (χ3n) is 7.70. The van der Waals surface area contributed by atoms with E-state index in [0.717, 1.165) is 25.7 Å². The Labute approximate surface area is 251 Å². The zero-order valence-corrected chi connectivity index (χ0v) is 27.0. The molecule has 0 rings (SSSR count). The highest BCUT2D eigenvalue weighted by atomic mass is 16.5. The molecular weight excluding hydrogens is 488 g/mol. The van der Waals surface area contributed by atoms with Crippen LogP contribution in [0, 0.1) is 0 Å². The normalized spacial score (nSPS) is 12.3. The van der Waals surface area contributed by atoms with Gasteiger partial charge in [-0.2, -0.15) is 0 Å². The van der Waals surface area contributed by atoms with Gasteiger partial charge in [0.25, 0.3) is 6.47 Å². The van der Waals surface area contributed by atoms with E-state index in [9.17, 15) is 4.79 Å². The molecule has 0 atom stereocenters. The van der Waals surface area contributed by atoms with Crippen LogP contribution in [0.15, 0.2) is 48.6 Å². The Morgan fingerprint density at radius 1 is 0.425 bits per heavy atom. The molecule has 0 fully saturated rings. The van der Waals surface area contributed by atoms with Crippen molar-refractivity contribution in [2.24, 2.45) is 0 Å². The maximum Gasteiger partial charge on any atom is 0.293 e. The number of carbonyl (C=O) groups is 1. The monoisotopic (exact) mass is 557 g/mol. The van der Waals surface area contributed by atoms with Gasteiger partial charge in [0.15, 0.2) is 0 Å². The summed E-state index contributed by atoms with van der Waals surface area (Å²) >= 11 is 0. The van der Waals surface area contributed by atoms with Crippen molar-refractivity contribution >= 4 is 6.47 Å². The van der Waals surface area contributed by atoms with Crippen LogP contribution in [-0.4, -0.2) is 12.6 Å². The second-order valence-electron chi connectivity index (χ2n) is 11.6. The molecule has 40 heavy (non-hydrogen) atoms. The molecule has 0 aromatic rings. The van der Waals surface area contributed by atoms with Crippen LogP contribution in [-0.2, 0) is 9.53 Å². The molecule has 0 N–H and O–H groups in total. The zero-order valence-electron chi connectivity index (χ0n) is 27.0. The van der Waals surface area contributed by atoms with Crippen LogP contribution >= 0.6 is 0 Å². The van der Waals surface area contributed by atoms with Crippen molar-refractivity contribution in [3.63, 3.8) is 0 Å². The standard InChI is InChI=1S/C38H68O2/c1-3-5-7-9-11-13-15-17-19-21-23-25-27-29-31-33-35-38(40-37-39)36-34-32-30-28-26-24-22-20-18-16-14-12-10-8-6-4-2/h11-14,17-20,37-38H,3-10,15-16,21-36H2,1-2H3/b13-11+,14-12+,19-17+,20-18+. The molecule has 0 aliphatic carbocycles. The first-order valence-electron chi connectivity index (χ1n) is 17.5. The van der Waals surface area contributed by atoms with E-state index < -0.39 is 0 Å². The van der Waals surface area contributed by atoms with E-state index in [2.05, 4.69) is 62.5 Å². The van der Waals surface area contributed by atoms with E-state index in [-0.39, 0.29) is 6.10 Å². The zero-order chi connectivity index (χ0) is 29.0. The average molecular weight is 557 g/mol. The Balaban J connectivity index is 3.52. The van der Waals surface area contributed by atoms with Gasteiger partial charge < -0.3 is 4.74 Å². The van der Waals surface area contributed by atoms with E-state index >= 15 is 0 Å². The van der Waals surface area contributed by atoms with Crippen molar-refractivity contribution in [1.82, 2.24) is 0 Å². The molecule has 0 aromatic carbocycles. The molecule has 0 aliphatic rings. The second kappa shape index (κ2) is 35.5. The molecule has 0 aliphatic heterocycles. The fraction of sp³-hybridized carbons (Fsp3) is 0.763. The van der Waals surface area contributed by atoms with Crippen molar-refractivity contribution in [3.8, 4) is 0 Å². The summed E-state index contributed by atoms with van der Waals surface area (Å²) in [7, 11) is 0. The molecule has 0 bridgehead atoms. The first-order chi connectivity index (χ1) is 19.8. The van der Waals surface area contributed by atoms with Crippen LogP contribution < -0.4 is 0 Å². The van der Waals surface area contributed by atoms with Gasteiger partial charge in [0, 0.05) is 0 Å². The van der Waals surface area contributed by atoms with Crippen molar-refractivity contribution < 1.29 is 9.53 Å². The second-order valence-corrected chi connectivity index (χ2v) is 11.6.